The van der Waals surface area contributed by atoms with E-state index in [1.54, 1.807) is 0 Å². The van der Waals surface area contributed by atoms with E-state index < -0.39 is 0 Å². The molecule has 1 heterocycles. The quantitative estimate of drug-likeness (QED) is 0.827. The van der Waals surface area contributed by atoms with Crippen molar-refractivity contribution in [1.82, 2.24) is 4.98 Å². The second kappa shape index (κ2) is 6.34. The van der Waals surface area contributed by atoms with Crippen LogP contribution in [0, 0.1) is 23.2 Å². The van der Waals surface area contributed by atoms with E-state index in [9.17, 15) is 10.2 Å². The number of aromatic nitrogens is 1. The average molecular weight is 364 g/mol. The molecule has 3 nitrogen and oxygen atoms in total. The van der Waals surface area contributed by atoms with Crippen LogP contribution in [0.4, 0.5) is 0 Å². The van der Waals surface area contributed by atoms with Crippen molar-refractivity contribution >= 4 is 0 Å². The van der Waals surface area contributed by atoms with Crippen molar-refractivity contribution in [2.75, 3.05) is 0 Å². The van der Waals surface area contributed by atoms with E-state index in [1.165, 1.54) is 17.5 Å². The molecule has 2 fully saturated rings. The lowest BCUT2D eigenvalue weighted by Gasteiger charge is -2.50. The molecular formula is C24H29NO2. The molecule has 1 aromatic heterocycles. The van der Waals surface area contributed by atoms with Crippen LogP contribution in [0.1, 0.15) is 55.3 Å². The van der Waals surface area contributed by atoms with Gasteiger partial charge < -0.3 is 10.2 Å². The molecule has 3 aliphatic carbocycles. The molecule has 3 heteroatoms. The van der Waals surface area contributed by atoms with Gasteiger partial charge in [-0.1, -0.05) is 19.1 Å². The van der Waals surface area contributed by atoms with E-state index in [4.69, 9.17) is 0 Å². The number of nitrogens with zero attached hydrogens (tertiary/aromatic N) is 1. The van der Waals surface area contributed by atoms with Gasteiger partial charge in [-0.05, 0) is 103 Å². The third kappa shape index (κ3) is 2.70. The van der Waals surface area contributed by atoms with Crippen molar-refractivity contribution in [3.8, 4) is 5.75 Å². The molecule has 0 amide bonds. The zero-order valence-corrected chi connectivity index (χ0v) is 16.0. The van der Waals surface area contributed by atoms with Crippen LogP contribution in [0.3, 0.4) is 0 Å². The number of aryl methyl sites for hydroxylation is 1. The van der Waals surface area contributed by atoms with Crippen molar-refractivity contribution in [2.45, 2.75) is 57.5 Å². The van der Waals surface area contributed by atoms with Gasteiger partial charge in [-0.2, -0.15) is 0 Å². The van der Waals surface area contributed by atoms with Gasteiger partial charge >= 0.3 is 0 Å². The number of aromatic hydroxyl groups is 1. The normalized spacial score (nSPS) is 37.3. The molecule has 6 unspecified atom stereocenters. The van der Waals surface area contributed by atoms with Crippen molar-refractivity contribution in [3.05, 3.63) is 59.4 Å². The van der Waals surface area contributed by atoms with E-state index in [2.05, 4.69) is 24.0 Å². The van der Waals surface area contributed by atoms with Gasteiger partial charge in [0.1, 0.15) is 5.75 Å². The highest BCUT2D eigenvalue weighted by atomic mass is 16.3. The lowest BCUT2D eigenvalue weighted by Crippen LogP contribution is -2.44. The minimum atomic E-state index is -0.230. The molecule has 1 aromatic carbocycles. The molecule has 5 rings (SSSR count). The Hall–Kier alpha value is -1.87. The predicted octanol–water partition coefficient (Wildman–Crippen LogP) is 4.47. The van der Waals surface area contributed by atoms with Gasteiger partial charge in [0.15, 0.2) is 0 Å². The average Bonchev–Trinajstić information content (AvgIpc) is 2.93. The fourth-order valence-electron chi connectivity index (χ4n) is 6.70. The first-order valence-electron chi connectivity index (χ1n) is 10.5. The van der Waals surface area contributed by atoms with Crippen LogP contribution in [-0.2, 0) is 12.8 Å². The minimum absolute atomic E-state index is 0.0367. The van der Waals surface area contributed by atoms with Crippen LogP contribution in [0.5, 0.6) is 5.75 Å². The van der Waals surface area contributed by atoms with Gasteiger partial charge in [-0.3, -0.25) is 4.98 Å². The highest BCUT2D eigenvalue weighted by Gasteiger charge is 2.57. The van der Waals surface area contributed by atoms with Crippen LogP contribution in [-0.4, -0.2) is 21.3 Å². The molecule has 2 aromatic rings. The number of rotatable bonds is 2. The van der Waals surface area contributed by atoms with Crippen LogP contribution in [0.2, 0.25) is 0 Å². The van der Waals surface area contributed by atoms with Crippen molar-refractivity contribution in [2.24, 2.45) is 23.2 Å². The smallest absolute Gasteiger partial charge is 0.115 e. The van der Waals surface area contributed by atoms with Gasteiger partial charge in [0.25, 0.3) is 0 Å². The third-order valence-corrected chi connectivity index (χ3v) is 8.02. The van der Waals surface area contributed by atoms with E-state index in [-0.39, 0.29) is 11.5 Å². The molecule has 27 heavy (non-hydrogen) atoms. The van der Waals surface area contributed by atoms with Crippen molar-refractivity contribution in [3.63, 3.8) is 0 Å². The van der Waals surface area contributed by atoms with E-state index in [0.717, 1.165) is 37.8 Å². The highest BCUT2D eigenvalue weighted by Crippen LogP contribution is 2.62. The zero-order valence-electron chi connectivity index (χ0n) is 16.0. The molecule has 0 saturated heterocycles. The van der Waals surface area contributed by atoms with Gasteiger partial charge in [0.05, 0.1) is 6.10 Å². The number of benzene rings is 1. The molecule has 0 radical (unpaired) electrons. The Labute approximate surface area is 161 Å². The monoisotopic (exact) mass is 363 g/mol. The van der Waals surface area contributed by atoms with Crippen LogP contribution >= 0.6 is 0 Å². The Balaban J connectivity index is 1.42. The van der Waals surface area contributed by atoms with Crippen molar-refractivity contribution in [1.29, 1.82) is 0 Å². The Bertz CT molecular complexity index is 836. The lowest BCUT2D eigenvalue weighted by atomic mass is 9.55. The Morgan fingerprint density at radius 1 is 1.19 bits per heavy atom. The SMILES string of the molecule is CC12CCC3c4ccc(O)cc4CCC3C1CC(Cc1ccccn1)C2O. The topological polar surface area (TPSA) is 53.4 Å². The molecule has 142 valence electrons. The summed E-state index contributed by atoms with van der Waals surface area (Å²) >= 11 is 0. The fourth-order valence-corrected chi connectivity index (χ4v) is 6.70. The number of fused-ring (bicyclic) bond motifs is 5. The summed E-state index contributed by atoms with van der Waals surface area (Å²) in [6.07, 6.45) is 8.12. The van der Waals surface area contributed by atoms with Crippen LogP contribution in [0.15, 0.2) is 42.6 Å². The summed E-state index contributed by atoms with van der Waals surface area (Å²) in [5.41, 5.74) is 3.93. The number of aliphatic hydroxyl groups excluding tert-OH is 1. The molecule has 0 aliphatic heterocycles. The Kier molecular flexibility index (Phi) is 4.05. The molecule has 2 saturated carbocycles. The van der Waals surface area contributed by atoms with Crippen molar-refractivity contribution < 1.29 is 10.2 Å². The number of hydrogen-bond acceptors (Lipinski definition) is 3. The first-order valence-corrected chi connectivity index (χ1v) is 10.5. The lowest BCUT2D eigenvalue weighted by molar-refractivity contribution is -0.0326. The number of pyridine rings is 1. The summed E-state index contributed by atoms with van der Waals surface area (Å²) < 4.78 is 0. The zero-order chi connectivity index (χ0) is 18.6. The number of hydrogen-bond donors (Lipinski definition) is 2. The largest absolute Gasteiger partial charge is 0.508 e. The van der Waals surface area contributed by atoms with Gasteiger partial charge in [0.2, 0.25) is 0 Å². The summed E-state index contributed by atoms with van der Waals surface area (Å²) in [5.74, 6) is 2.54. The van der Waals surface area contributed by atoms with Crippen LogP contribution in [0.25, 0.3) is 0 Å². The highest BCUT2D eigenvalue weighted by molar-refractivity contribution is 5.40. The first-order chi connectivity index (χ1) is 13.1. The van der Waals surface area contributed by atoms with Gasteiger partial charge in [-0.25, -0.2) is 0 Å². The maximum Gasteiger partial charge on any atom is 0.115 e. The van der Waals surface area contributed by atoms with Gasteiger partial charge in [0, 0.05) is 11.9 Å². The molecule has 3 aliphatic rings. The summed E-state index contributed by atoms with van der Waals surface area (Å²) in [6.45, 7) is 2.34. The van der Waals surface area contributed by atoms with E-state index >= 15 is 0 Å². The minimum Gasteiger partial charge on any atom is -0.508 e. The second-order valence-corrected chi connectivity index (χ2v) is 9.31. The maximum absolute atomic E-state index is 11.3. The predicted molar refractivity (Wildman–Crippen MR) is 106 cm³/mol. The molecule has 0 bridgehead atoms. The first kappa shape index (κ1) is 17.2. The molecule has 2 N–H and O–H groups in total. The summed E-state index contributed by atoms with van der Waals surface area (Å²) in [6, 6.07) is 12.1. The Morgan fingerprint density at radius 3 is 2.89 bits per heavy atom. The number of phenols is 1. The van der Waals surface area contributed by atoms with Gasteiger partial charge in [-0.15, -0.1) is 0 Å². The van der Waals surface area contributed by atoms with E-state index in [0.29, 0.717) is 29.4 Å². The summed E-state index contributed by atoms with van der Waals surface area (Å²) in [4.78, 5) is 4.50. The summed E-state index contributed by atoms with van der Waals surface area (Å²) in [5, 5.41) is 21.1. The second-order valence-electron chi connectivity index (χ2n) is 9.31. The Morgan fingerprint density at radius 2 is 2.07 bits per heavy atom. The molecule has 0 spiro atoms. The standard InChI is InChI=1S/C24H29NO2/c1-24-10-9-20-19-8-6-18(26)13-15(19)5-7-21(20)22(24)14-16(23(24)27)12-17-4-2-3-11-25-17/h2-4,6,8,11,13,16,20-23,26-27H,5,7,9-10,12,14H2,1H3. The van der Waals surface area contributed by atoms with Crippen LogP contribution < -0.4 is 0 Å². The molecular weight excluding hydrogens is 334 g/mol. The number of aliphatic hydroxyl groups is 1. The summed E-state index contributed by atoms with van der Waals surface area (Å²) in [7, 11) is 0. The fraction of sp³-hybridized carbons (Fsp3) is 0.542. The van der Waals surface area contributed by atoms with E-state index in [1.807, 2.05) is 30.5 Å². The number of phenolic OH excluding ortho intramolecular Hbond substituents is 1. The third-order valence-electron chi connectivity index (χ3n) is 8.02. The maximum atomic E-state index is 11.3. The molecule has 6 atom stereocenters.